The van der Waals surface area contributed by atoms with Crippen molar-refractivity contribution >= 4 is 17.5 Å². The van der Waals surface area contributed by atoms with Crippen molar-refractivity contribution in [2.24, 2.45) is 0 Å². The number of non-ortho nitro benzene ring substituents is 1. The number of anilines is 1. The van der Waals surface area contributed by atoms with Gasteiger partial charge in [-0.3, -0.25) is 15.4 Å². The Kier molecular flexibility index (Phi) is 3.80. The Morgan fingerprint density at radius 3 is 2.62 bits per heavy atom. The molecule has 0 bridgehead atoms. The van der Waals surface area contributed by atoms with Crippen molar-refractivity contribution in [1.82, 2.24) is 0 Å². The Hall–Kier alpha value is -2.62. The third kappa shape index (κ3) is 3.26. The molecule has 0 fully saturated rings. The Morgan fingerprint density at radius 2 is 2.12 bits per heavy atom. The highest BCUT2D eigenvalue weighted by molar-refractivity contribution is 5.84. The van der Waals surface area contributed by atoms with Gasteiger partial charge in [-0.1, -0.05) is 0 Å². The Morgan fingerprint density at radius 1 is 1.50 bits per heavy atom. The Labute approximate surface area is 90.4 Å². The zero-order valence-electron chi connectivity index (χ0n) is 8.04. The van der Waals surface area contributed by atoms with Crippen molar-refractivity contribution in [3.8, 4) is 6.07 Å². The summed E-state index contributed by atoms with van der Waals surface area (Å²) in [6.45, 7) is -0.348. The normalized spacial score (nSPS) is 8.94. The van der Waals surface area contributed by atoms with Crippen molar-refractivity contribution in [3.63, 3.8) is 0 Å². The first kappa shape index (κ1) is 11.5. The largest absolute Gasteiger partial charge is 0.434 e. The van der Waals surface area contributed by atoms with Crippen LogP contribution in [0.3, 0.4) is 0 Å². The molecule has 0 aromatic heterocycles. The van der Waals surface area contributed by atoms with Crippen molar-refractivity contribution in [1.29, 1.82) is 5.26 Å². The molecule has 7 nitrogen and oxygen atoms in total. The molecule has 1 aromatic rings. The van der Waals surface area contributed by atoms with Gasteiger partial charge < -0.3 is 4.74 Å². The van der Waals surface area contributed by atoms with Gasteiger partial charge in [0.15, 0.2) is 6.61 Å². The molecule has 0 aliphatic heterocycles. The van der Waals surface area contributed by atoms with E-state index in [2.05, 4.69) is 10.1 Å². The molecule has 0 heterocycles. The standard InChI is InChI=1S/C9H7N3O4/c10-5-6-16-9(13)11-7-1-3-8(4-2-7)12(14)15/h1-4H,6H2,(H,11,13). The van der Waals surface area contributed by atoms with E-state index in [9.17, 15) is 14.9 Å². The van der Waals surface area contributed by atoms with Crippen molar-refractivity contribution in [3.05, 3.63) is 34.4 Å². The zero-order chi connectivity index (χ0) is 12.0. The number of nitriles is 1. The number of hydrogen-bond donors (Lipinski definition) is 1. The molecule has 0 saturated heterocycles. The number of nitro benzene ring substituents is 1. The van der Waals surface area contributed by atoms with Crippen LogP contribution in [0.15, 0.2) is 24.3 Å². The number of amides is 1. The fraction of sp³-hybridized carbons (Fsp3) is 0.111. The van der Waals surface area contributed by atoms with Gasteiger partial charge in [0, 0.05) is 17.8 Å². The fourth-order valence-corrected chi connectivity index (χ4v) is 0.918. The third-order valence-electron chi connectivity index (χ3n) is 1.59. The van der Waals surface area contributed by atoms with Crippen LogP contribution in [0, 0.1) is 21.4 Å². The van der Waals surface area contributed by atoms with E-state index in [1.807, 2.05) is 0 Å². The molecule has 0 unspecified atom stereocenters. The summed E-state index contributed by atoms with van der Waals surface area (Å²) in [4.78, 5) is 20.8. The van der Waals surface area contributed by atoms with Crippen LogP contribution in [0.5, 0.6) is 0 Å². The predicted octanol–water partition coefficient (Wildman–Crippen LogP) is 1.67. The highest BCUT2D eigenvalue weighted by Crippen LogP contribution is 2.15. The van der Waals surface area contributed by atoms with Crippen molar-refractivity contribution in [2.45, 2.75) is 0 Å². The van der Waals surface area contributed by atoms with Gasteiger partial charge in [0.1, 0.15) is 6.07 Å². The summed E-state index contributed by atoms with van der Waals surface area (Å²) < 4.78 is 4.43. The second-order valence-electron chi connectivity index (χ2n) is 2.66. The molecular formula is C9H7N3O4. The van der Waals surface area contributed by atoms with Gasteiger partial charge in [-0.05, 0) is 12.1 Å². The minimum Gasteiger partial charge on any atom is -0.434 e. The number of carbonyl (C=O) groups is 1. The van der Waals surface area contributed by atoms with Gasteiger partial charge in [0.05, 0.1) is 4.92 Å². The molecular weight excluding hydrogens is 214 g/mol. The van der Waals surface area contributed by atoms with Crippen LogP contribution in [0.25, 0.3) is 0 Å². The molecule has 0 aliphatic rings. The number of nitrogens with one attached hydrogen (secondary N) is 1. The summed E-state index contributed by atoms with van der Waals surface area (Å²) in [6, 6.07) is 6.87. The van der Waals surface area contributed by atoms with E-state index in [-0.39, 0.29) is 12.3 Å². The third-order valence-corrected chi connectivity index (χ3v) is 1.59. The highest BCUT2D eigenvalue weighted by Gasteiger charge is 2.06. The molecule has 82 valence electrons. The highest BCUT2D eigenvalue weighted by atomic mass is 16.6. The lowest BCUT2D eigenvalue weighted by Gasteiger charge is -2.03. The number of benzene rings is 1. The van der Waals surface area contributed by atoms with Gasteiger partial charge in [0.25, 0.3) is 5.69 Å². The van der Waals surface area contributed by atoms with E-state index < -0.39 is 11.0 Å². The summed E-state index contributed by atoms with van der Waals surface area (Å²) in [5.74, 6) is 0. The second kappa shape index (κ2) is 5.31. The second-order valence-corrected chi connectivity index (χ2v) is 2.66. The lowest BCUT2D eigenvalue weighted by molar-refractivity contribution is -0.384. The maximum atomic E-state index is 11.0. The Balaban J connectivity index is 2.59. The van der Waals surface area contributed by atoms with Gasteiger partial charge in [-0.25, -0.2) is 4.79 Å². The minimum absolute atomic E-state index is 0.0732. The van der Waals surface area contributed by atoms with Crippen LogP contribution < -0.4 is 5.32 Å². The van der Waals surface area contributed by atoms with Crippen LogP contribution in [0.2, 0.25) is 0 Å². The van der Waals surface area contributed by atoms with Gasteiger partial charge >= 0.3 is 6.09 Å². The molecule has 1 aromatic carbocycles. The molecule has 0 aliphatic carbocycles. The lowest BCUT2D eigenvalue weighted by Crippen LogP contribution is -2.13. The summed E-state index contributed by atoms with van der Waals surface area (Å²) >= 11 is 0. The van der Waals surface area contributed by atoms with Crippen LogP contribution >= 0.6 is 0 Å². The average molecular weight is 221 g/mol. The molecule has 0 spiro atoms. The number of nitro groups is 1. The molecule has 16 heavy (non-hydrogen) atoms. The van der Waals surface area contributed by atoms with E-state index in [4.69, 9.17) is 5.26 Å². The van der Waals surface area contributed by atoms with E-state index >= 15 is 0 Å². The quantitative estimate of drug-likeness (QED) is 0.617. The van der Waals surface area contributed by atoms with Gasteiger partial charge in [-0.15, -0.1) is 0 Å². The number of ether oxygens (including phenoxy) is 1. The minimum atomic E-state index is -0.782. The maximum absolute atomic E-state index is 11.0. The van der Waals surface area contributed by atoms with Crippen LogP contribution in [0.1, 0.15) is 0 Å². The topological polar surface area (TPSA) is 105 Å². The monoisotopic (exact) mass is 221 g/mol. The molecule has 1 rings (SSSR count). The number of nitrogens with zero attached hydrogens (tertiary/aromatic N) is 2. The van der Waals surface area contributed by atoms with Crippen LogP contribution in [-0.2, 0) is 4.74 Å². The van der Waals surface area contributed by atoms with Gasteiger partial charge in [0.2, 0.25) is 0 Å². The zero-order valence-corrected chi connectivity index (χ0v) is 8.04. The summed E-state index contributed by atoms with van der Waals surface area (Å²) in [6.07, 6.45) is -0.782. The van der Waals surface area contributed by atoms with E-state index in [1.54, 1.807) is 6.07 Å². The number of hydrogen-bond acceptors (Lipinski definition) is 5. The van der Waals surface area contributed by atoms with Crippen LogP contribution in [-0.4, -0.2) is 17.6 Å². The van der Waals surface area contributed by atoms with Crippen LogP contribution in [0.4, 0.5) is 16.2 Å². The first-order valence-corrected chi connectivity index (χ1v) is 4.18. The first-order valence-electron chi connectivity index (χ1n) is 4.18. The van der Waals surface area contributed by atoms with E-state index in [1.165, 1.54) is 24.3 Å². The average Bonchev–Trinajstić information content (AvgIpc) is 2.27. The summed E-state index contributed by atoms with van der Waals surface area (Å²) in [5.41, 5.74) is 0.282. The molecule has 0 atom stereocenters. The SMILES string of the molecule is N#CCOC(=O)Nc1ccc([N+](=O)[O-])cc1. The molecule has 0 saturated carbocycles. The molecule has 0 radical (unpaired) electrons. The molecule has 7 heteroatoms. The Bertz CT molecular complexity index is 435. The van der Waals surface area contributed by atoms with Crippen molar-refractivity contribution < 1.29 is 14.5 Å². The smallest absolute Gasteiger partial charge is 0.412 e. The van der Waals surface area contributed by atoms with E-state index in [0.717, 1.165) is 0 Å². The fourth-order valence-electron chi connectivity index (χ4n) is 0.918. The molecule has 1 N–H and O–H groups in total. The van der Waals surface area contributed by atoms with E-state index in [0.29, 0.717) is 5.69 Å². The molecule has 1 amide bonds. The summed E-state index contributed by atoms with van der Waals surface area (Å²) in [7, 11) is 0. The number of rotatable bonds is 3. The van der Waals surface area contributed by atoms with Crippen molar-refractivity contribution in [2.75, 3.05) is 11.9 Å². The number of carbonyl (C=O) groups excluding carboxylic acids is 1. The van der Waals surface area contributed by atoms with Gasteiger partial charge in [-0.2, -0.15) is 5.26 Å². The maximum Gasteiger partial charge on any atom is 0.412 e. The lowest BCUT2D eigenvalue weighted by atomic mass is 10.3. The summed E-state index contributed by atoms with van der Waals surface area (Å²) in [5, 5.41) is 20.8. The predicted molar refractivity (Wildman–Crippen MR) is 53.7 cm³/mol. The first-order chi connectivity index (χ1) is 7.63.